The van der Waals surface area contributed by atoms with Gasteiger partial charge in [-0.15, -0.1) is 0 Å². The van der Waals surface area contributed by atoms with E-state index in [0.29, 0.717) is 12.5 Å². The zero-order valence-electron chi connectivity index (χ0n) is 8.85. The number of rotatable bonds is 4. The van der Waals surface area contributed by atoms with Gasteiger partial charge in [-0.05, 0) is 19.8 Å². The largest absolute Gasteiger partial charge is 0.351 e. The van der Waals surface area contributed by atoms with Crippen molar-refractivity contribution in [2.24, 2.45) is 0 Å². The molecule has 15 heavy (non-hydrogen) atoms. The smallest absolute Gasteiger partial charge is 0.150 e. The minimum Gasteiger partial charge on any atom is -0.351 e. The third-order valence-electron chi connectivity index (χ3n) is 2.58. The highest BCUT2D eigenvalue weighted by Gasteiger charge is 2.30. The van der Waals surface area contributed by atoms with E-state index in [2.05, 4.69) is 20.9 Å². The first-order valence-electron chi connectivity index (χ1n) is 5.24. The number of nitrogens with zero attached hydrogens (tertiary/aromatic N) is 4. The van der Waals surface area contributed by atoms with Gasteiger partial charge in [0.15, 0.2) is 0 Å². The molecule has 1 saturated carbocycles. The number of hydrogen-bond acceptors (Lipinski definition) is 4. The van der Waals surface area contributed by atoms with E-state index in [1.165, 1.54) is 12.8 Å². The Hall–Kier alpha value is -1.63. The van der Waals surface area contributed by atoms with E-state index in [0.717, 1.165) is 18.1 Å². The summed E-state index contributed by atoms with van der Waals surface area (Å²) in [5.41, 5.74) is 0.947. The first-order chi connectivity index (χ1) is 7.33. The van der Waals surface area contributed by atoms with E-state index in [-0.39, 0.29) is 0 Å². The molecule has 0 aromatic carbocycles. The Morgan fingerprint density at radius 3 is 2.80 bits per heavy atom. The van der Waals surface area contributed by atoms with Crippen molar-refractivity contribution in [1.29, 1.82) is 5.26 Å². The summed E-state index contributed by atoms with van der Waals surface area (Å²) in [5, 5.41) is 8.62. The second-order valence-electron chi connectivity index (χ2n) is 3.80. The molecule has 78 valence electrons. The molecule has 0 aliphatic heterocycles. The van der Waals surface area contributed by atoms with Crippen LogP contribution in [0.5, 0.6) is 0 Å². The summed E-state index contributed by atoms with van der Waals surface area (Å²) in [6, 6.07) is 2.76. The molecule has 0 spiro atoms. The van der Waals surface area contributed by atoms with Crippen LogP contribution in [0, 0.1) is 18.3 Å². The Morgan fingerprint density at radius 2 is 2.20 bits per heavy atom. The van der Waals surface area contributed by atoms with Gasteiger partial charge in [-0.3, -0.25) is 4.98 Å². The highest BCUT2D eigenvalue weighted by atomic mass is 15.2. The molecule has 1 fully saturated rings. The maximum atomic E-state index is 8.62. The van der Waals surface area contributed by atoms with Gasteiger partial charge in [0.2, 0.25) is 0 Å². The minimum absolute atomic E-state index is 0.548. The molecule has 2 rings (SSSR count). The maximum absolute atomic E-state index is 8.62. The fourth-order valence-electron chi connectivity index (χ4n) is 1.70. The third kappa shape index (κ3) is 2.24. The number of anilines is 1. The van der Waals surface area contributed by atoms with Crippen LogP contribution in [0.3, 0.4) is 0 Å². The quantitative estimate of drug-likeness (QED) is 0.745. The van der Waals surface area contributed by atoms with Crippen LogP contribution in [0.2, 0.25) is 0 Å². The Bertz CT molecular complexity index is 378. The van der Waals surface area contributed by atoms with Crippen LogP contribution in [0.15, 0.2) is 12.4 Å². The van der Waals surface area contributed by atoms with Gasteiger partial charge in [-0.1, -0.05) is 0 Å². The molecule has 0 N–H and O–H groups in total. The lowest BCUT2D eigenvalue weighted by Crippen LogP contribution is -2.28. The van der Waals surface area contributed by atoms with Gasteiger partial charge in [-0.25, -0.2) is 4.98 Å². The van der Waals surface area contributed by atoms with Gasteiger partial charge < -0.3 is 4.90 Å². The summed E-state index contributed by atoms with van der Waals surface area (Å²) in [4.78, 5) is 10.8. The van der Waals surface area contributed by atoms with Crippen molar-refractivity contribution in [3.8, 4) is 6.07 Å². The van der Waals surface area contributed by atoms with E-state index in [1.54, 1.807) is 12.4 Å². The van der Waals surface area contributed by atoms with Gasteiger partial charge in [0, 0.05) is 25.0 Å². The monoisotopic (exact) mass is 202 g/mol. The van der Waals surface area contributed by atoms with Crippen LogP contribution >= 0.6 is 0 Å². The lowest BCUT2D eigenvalue weighted by molar-refractivity contribution is 0.768. The van der Waals surface area contributed by atoms with Crippen molar-refractivity contribution in [1.82, 2.24) is 9.97 Å². The Kier molecular flexibility index (Phi) is 2.82. The summed E-state index contributed by atoms with van der Waals surface area (Å²) >= 11 is 0. The molecule has 0 unspecified atom stereocenters. The Labute approximate surface area is 89.6 Å². The second kappa shape index (κ2) is 4.26. The first kappa shape index (κ1) is 9.91. The molecule has 1 aliphatic carbocycles. The van der Waals surface area contributed by atoms with Gasteiger partial charge in [-0.2, -0.15) is 5.26 Å². The van der Waals surface area contributed by atoms with Gasteiger partial charge in [0.25, 0.3) is 0 Å². The van der Waals surface area contributed by atoms with Crippen LogP contribution in [-0.2, 0) is 0 Å². The molecule has 4 nitrogen and oxygen atoms in total. The van der Waals surface area contributed by atoms with Crippen LogP contribution in [0.25, 0.3) is 0 Å². The average Bonchev–Trinajstić information content (AvgIpc) is 3.05. The molecule has 0 bridgehead atoms. The van der Waals surface area contributed by atoms with Gasteiger partial charge in [0.05, 0.1) is 18.2 Å². The first-order valence-corrected chi connectivity index (χ1v) is 5.24. The predicted molar refractivity (Wildman–Crippen MR) is 57.4 cm³/mol. The van der Waals surface area contributed by atoms with Crippen molar-refractivity contribution in [3.05, 3.63) is 18.1 Å². The molecule has 0 amide bonds. The number of nitriles is 1. The van der Waals surface area contributed by atoms with E-state index < -0.39 is 0 Å². The topological polar surface area (TPSA) is 52.8 Å². The SMILES string of the molecule is Cc1nccnc1N(CCC#N)C1CC1. The van der Waals surface area contributed by atoms with E-state index in [9.17, 15) is 0 Å². The fourth-order valence-corrected chi connectivity index (χ4v) is 1.70. The molecule has 0 atom stereocenters. The van der Waals surface area contributed by atoms with Crippen molar-refractivity contribution in [2.75, 3.05) is 11.4 Å². The highest BCUT2D eigenvalue weighted by Crippen LogP contribution is 2.31. The van der Waals surface area contributed by atoms with Crippen LogP contribution in [-0.4, -0.2) is 22.6 Å². The molecule has 1 aromatic heterocycles. The van der Waals surface area contributed by atoms with Crippen LogP contribution in [0.4, 0.5) is 5.82 Å². The predicted octanol–water partition coefficient (Wildman–Crippen LogP) is 1.67. The molecule has 0 radical (unpaired) electrons. The van der Waals surface area contributed by atoms with Gasteiger partial charge >= 0.3 is 0 Å². The Balaban J connectivity index is 2.17. The van der Waals surface area contributed by atoms with E-state index in [1.807, 2.05) is 6.92 Å². The minimum atomic E-state index is 0.548. The molecular weight excluding hydrogens is 188 g/mol. The zero-order chi connectivity index (χ0) is 10.7. The van der Waals surface area contributed by atoms with Crippen molar-refractivity contribution < 1.29 is 0 Å². The normalized spacial score (nSPS) is 14.7. The maximum Gasteiger partial charge on any atom is 0.150 e. The summed E-state index contributed by atoms with van der Waals surface area (Å²) in [6.07, 6.45) is 6.38. The van der Waals surface area contributed by atoms with Crippen molar-refractivity contribution in [2.45, 2.75) is 32.2 Å². The highest BCUT2D eigenvalue weighted by molar-refractivity contribution is 5.44. The van der Waals surface area contributed by atoms with Crippen molar-refractivity contribution >= 4 is 5.82 Å². The van der Waals surface area contributed by atoms with Crippen LogP contribution in [0.1, 0.15) is 25.0 Å². The summed E-state index contributed by atoms with van der Waals surface area (Å²) in [6.45, 7) is 2.73. The molecule has 0 saturated heterocycles. The summed E-state index contributed by atoms with van der Waals surface area (Å²) in [7, 11) is 0. The summed E-state index contributed by atoms with van der Waals surface area (Å²) < 4.78 is 0. The second-order valence-corrected chi connectivity index (χ2v) is 3.80. The van der Waals surface area contributed by atoms with E-state index in [4.69, 9.17) is 5.26 Å². The average molecular weight is 202 g/mol. The molecule has 1 aliphatic rings. The number of aryl methyl sites for hydroxylation is 1. The molecule has 1 aromatic rings. The molecule has 1 heterocycles. The lowest BCUT2D eigenvalue weighted by Gasteiger charge is -2.23. The molecule has 4 heteroatoms. The van der Waals surface area contributed by atoms with Gasteiger partial charge in [0.1, 0.15) is 5.82 Å². The zero-order valence-corrected chi connectivity index (χ0v) is 8.85. The Morgan fingerprint density at radius 1 is 1.47 bits per heavy atom. The third-order valence-corrected chi connectivity index (χ3v) is 2.58. The van der Waals surface area contributed by atoms with E-state index >= 15 is 0 Å². The van der Waals surface area contributed by atoms with Crippen LogP contribution < -0.4 is 4.90 Å². The summed E-state index contributed by atoms with van der Waals surface area (Å²) in [5.74, 6) is 0.940. The number of aromatic nitrogens is 2. The lowest BCUT2D eigenvalue weighted by atomic mass is 10.3. The number of hydrogen-bond donors (Lipinski definition) is 0. The standard InChI is InChI=1S/C11H14N4/c1-9-11(14-7-6-13-9)15(8-2-5-12)10-3-4-10/h6-7,10H,2-4,8H2,1H3. The van der Waals surface area contributed by atoms with Crippen molar-refractivity contribution in [3.63, 3.8) is 0 Å². The molecular formula is C11H14N4. The fraction of sp³-hybridized carbons (Fsp3) is 0.545.